The Labute approximate surface area is 127 Å². The van der Waals surface area contributed by atoms with Gasteiger partial charge in [0.25, 0.3) is 0 Å². The van der Waals surface area contributed by atoms with Crippen molar-refractivity contribution in [3.8, 4) is 11.5 Å². The number of fused-ring (bicyclic) bond motifs is 1. The van der Waals surface area contributed by atoms with Crippen LogP contribution in [-0.2, 0) is 0 Å². The van der Waals surface area contributed by atoms with Crippen molar-refractivity contribution in [2.45, 2.75) is 13.8 Å². The van der Waals surface area contributed by atoms with Crippen LogP contribution in [0.2, 0.25) is 5.02 Å². The first-order valence-electron chi connectivity index (χ1n) is 6.50. The van der Waals surface area contributed by atoms with E-state index in [-0.39, 0.29) is 17.3 Å². The van der Waals surface area contributed by atoms with Crippen LogP contribution >= 0.6 is 11.6 Å². The van der Waals surface area contributed by atoms with E-state index in [4.69, 9.17) is 16.3 Å². The Hall–Kier alpha value is -2.26. The van der Waals surface area contributed by atoms with E-state index in [1.165, 1.54) is 0 Å². The molecule has 106 valence electrons. The van der Waals surface area contributed by atoms with Crippen molar-refractivity contribution in [2.24, 2.45) is 0 Å². The normalized spacial score (nSPS) is 15.2. The summed E-state index contributed by atoms with van der Waals surface area (Å²) in [7, 11) is 0. The largest absolute Gasteiger partial charge is 0.508 e. The topological polar surface area (TPSA) is 46.5 Å². The van der Waals surface area contributed by atoms with Crippen molar-refractivity contribution < 1.29 is 14.6 Å². The molecule has 4 heteroatoms. The molecule has 1 heterocycles. The Balaban J connectivity index is 2.07. The summed E-state index contributed by atoms with van der Waals surface area (Å²) < 4.78 is 5.65. The van der Waals surface area contributed by atoms with Gasteiger partial charge in [-0.05, 0) is 54.8 Å². The molecule has 0 saturated carbocycles. The number of phenolic OH excluding ortho intramolecular Hbond substituents is 1. The number of allylic oxidation sites excluding steroid dienone is 1. The lowest BCUT2D eigenvalue weighted by atomic mass is 10.0. The molecule has 0 atom stereocenters. The Bertz CT molecular complexity index is 791. The van der Waals surface area contributed by atoms with Crippen LogP contribution < -0.4 is 4.74 Å². The van der Waals surface area contributed by atoms with Gasteiger partial charge in [-0.15, -0.1) is 0 Å². The number of Topliss-reactive ketones (excluding diaryl/α,β-unsaturated/α-hetero) is 1. The van der Waals surface area contributed by atoms with Crippen LogP contribution in [0.5, 0.6) is 11.5 Å². The molecule has 0 aromatic heterocycles. The molecule has 1 aliphatic rings. The third kappa shape index (κ3) is 2.30. The van der Waals surface area contributed by atoms with Crippen molar-refractivity contribution in [3.63, 3.8) is 0 Å². The maximum absolute atomic E-state index is 12.5. The van der Waals surface area contributed by atoms with Gasteiger partial charge in [-0.25, -0.2) is 0 Å². The molecule has 0 saturated heterocycles. The number of hydrogen-bond donors (Lipinski definition) is 1. The molecule has 0 unspecified atom stereocenters. The fourth-order valence-corrected chi connectivity index (χ4v) is 2.58. The number of carbonyl (C=O) groups is 1. The lowest BCUT2D eigenvalue weighted by Gasteiger charge is -2.05. The quantitative estimate of drug-likeness (QED) is 0.800. The van der Waals surface area contributed by atoms with Gasteiger partial charge in [-0.2, -0.15) is 0 Å². The Morgan fingerprint density at radius 2 is 2.00 bits per heavy atom. The molecule has 21 heavy (non-hydrogen) atoms. The average molecular weight is 301 g/mol. The van der Waals surface area contributed by atoms with Crippen LogP contribution in [0, 0.1) is 13.8 Å². The zero-order valence-corrected chi connectivity index (χ0v) is 12.4. The predicted molar refractivity (Wildman–Crippen MR) is 82.0 cm³/mol. The molecular formula is C17H13ClO3. The van der Waals surface area contributed by atoms with Gasteiger partial charge in [0.2, 0.25) is 5.78 Å². The highest BCUT2D eigenvalue weighted by Gasteiger charge is 2.30. The summed E-state index contributed by atoms with van der Waals surface area (Å²) in [6.45, 7) is 3.69. The monoisotopic (exact) mass is 300 g/mol. The summed E-state index contributed by atoms with van der Waals surface area (Å²) >= 11 is 6.20. The first-order valence-corrected chi connectivity index (χ1v) is 6.88. The smallest absolute Gasteiger partial charge is 0.232 e. The van der Waals surface area contributed by atoms with E-state index in [9.17, 15) is 9.90 Å². The van der Waals surface area contributed by atoms with Crippen molar-refractivity contribution in [1.82, 2.24) is 0 Å². The number of ketones is 1. The number of benzene rings is 2. The Kier molecular flexibility index (Phi) is 3.22. The van der Waals surface area contributed by atoms with Gasteiger partial charge in [0.1, 0.15) is 11.5 Å². The molecule has 0 bridgehead atoms. The first-order chi connectivity index (χ1) is 9.97. The van der Waals surface area contributed by atoms with Gasteiger partial charge in [0.05, 0.1) is 5.56 Å². The van der Waals surface area contributed by atoms with E-state index in [1.54, 1.807) is 36.4 Å². The first kappa shape index (κ1) is 13.7. The molecule has 3 rings (SSSR count). The van der Waals surface area contributed by atoms with E-state index in [1.807, 2.05) is 13.8 Å². The molecule has 2 aromatic carbocycles. The van der Waals surface area contributed by atoms with Gasteiger partial charge in [-0.1, -0.05) is 23.7 Å². The molecule has 1 aliphatic heterocycles. The standard InChI is InChI=1S/C17H13ClO3/c1-9-6-13-15(10(2)16(9)18)17(20)14(21-13)8-11-4-3-5-12(19)7-11/h3-8,19H,1-2H3/b14-8-. The van der Waals surface area contributed by atoms with Crippen molar-refractivity contribution in [1.29, 1.82) is 0 Å². The van der Waals surface area contributed by atoms with Gasteiger partial charge >= 0.3 is 0 Å². The number of hydrogen-bond acceptors (Lipinski definition) is 3. The Morgan fingerprint density at radius 3 is 2.71 bits per heavy atom. The van der Waals surface area contributed by atoms with Crippen LogP contribution in [0.15, 0.2) is 36.1 Å². The summed E-state index contributed by atoms with van der Waals surface area (Å²) in [5, 5.41) is 10.1. The fraction of sp³-hybridized carbons (Fsp3) is 0.118. The minimum atomic E-state index is -0.187. The van der Waals surface area contributed by atoms with E-state index in [2.05, 4.69) is 0 Å². The SMILES string of the molecule is Cc1cc2c(c(C)c1Cl)C(=O)/C(=C/c1cccc(O)c1)O2. The van der Waals surface area contributed by atoms with Crippen LogP contribution in [0.4, 0.5) is 0 Å². The summed E-state index contributed by atoms with van der Waals surface area (Å²) in [6.07, 6.45) is 1.62. The molecule has 2 aromatic rings. The second kappa shape index (κ2) is 4.93. The fourth-order valence-electron chi connectivity index (χ4n) is 2.43. The number of phenols is 1. The second-order valence-corrected chi connectivity index (χ2v) is 5.42. The summed E-state index contributed by atoms with van der Waals surface area (Å²) in [4.78, 5) is 12.5. The summed E-state index contributed by atoms with van der Waals surface area (Å²) in [5.41, 5.74) is 2.82. The summed E-state index contributed by atoms with van der Waals surface area (Å²) in [6, 6.07) is 8.41. The number of aromatic hydroxyl groups is 1. The molecule has 3 nitrogen and oxygen atoms in total. The Morgan fingerprint density at radius 1 is 1.24 bits per heavy atom. The molecular weight excluding hydrogens is 288 g/mol. The zero-order chi connectivity index (χ0) is 15.1. The van der Waals surface area contributed by atoms with Crippen LogP contribution in [0.25, 0.3) is 6.08 Å². The van der Waals surface area contributed by atoms with Gasteiger partial charge in [0, 0.05) is 5.02 Å². The van der Waals surface area contributed by atoms with Crippen molar-refractivity contribution in [3.05, 3.63) is 63.4 Å². The molecule has 0 amide bonds. The highest BCUT2D eigenvalue weighted by atomic mass is 35.5. The lowest BCUT2D eigenvalue weighted by molar-refractivity contribution is 0.101. The van der Waals surface area contributed by atoms with Crippen molar-refractivity contribution in [2.75, 3.05) is 0 Å². The van der Waals surface area contributed by atoms with E-state index < -0.39 is 0 Å². The van der Waals surface area contributed by atoms with Crippen molar-refractivity contribution >= 4 is 23.5 Å². The zero-order valence-electron chi connectivity index (χ0n) is 11.6. The molecule has 0 fully saturated rings. The predicted octanol–water partition coefficient (Wildman–Crippen LogP) is 4.28. The van der Waals surface area contributed by atoms with E-state index >= 15 is 0 Å². The van der Waals surface area contributed by atoms with E-state index in [0.29, 0.717) is 21.9 Å². The number of carbonyl (C=O) groups excluding carboxylic acids is 1. The van der Waals surface area contributed by atoms with Gasteiger partial charge < -0.3 is 9.84 Å². The number of ether oxygens (including phenoxy) is 1. The average Bonchev–Trinajstić information content (AvgIpc) is 2.73. The van der Waals surface area contributed by atoms with Gasteiger partial charge in [-0.3, -0.25) is 4.79 Å². The minimum absolute atomic E-state index is 0.141. The lowest BCUT2D eigenvalue weighted by Crippen LogP contribution is -2.00. The third-order valence-electron chi connectivity index (χ3n) is 3.48. The number of rotatable bonds is 1. The second-order valence-electron chi connectivity index (χ2n) is 5.04. The van der Waals surface area contributed by atoms with Crippen LogP contribution in [0.1, 0.15) is 27.0 Å². The highest BCUT2D eigenvalue weighted by Crippen LogP contribution is 2.39. The van der Waals surface area contributed by atoms with E-state index in [0.717, 1.165) is 11.1 Å². The molecule has 1 N–H and O–H groups in total. The third-order valence-corrected chi connectivity index (χ3v) is 4.06. The molecule has 0 spiro atoms. The molecule has 0 aliphatic carbocycles. The van der Waals surface area contributed by atoms with Crippen LogP contribution in [-0.4, -0.2) is 10.9 Å². The van der Waals surface area contributed by atoms with Crippen LogP contribution in [0.3, 0.4) is 0 Å². The molecule has 0 radical (unpaired) electrons. The minimum Gasteiger partial charge on any atom is -0.508 e. The highest BCUT2D eigenvalue weighted by molar-refractivity contribution is 6.33. The number of aryl methyl sites for hydroxylation is 1. The maximum Gasteiger partial charge on any atom is 0.232 e. The maximum atomic E-state index is 12.5. The number of halogens is 1. The summed E-state index contributed by atoms with van der Waals surface area (Å²) in [5.74, 6) is 0.723. The van der Waals surface area contributed by atoms with Gasteiger partial charge in [0.15, 0.2) is 5.76 Å².